The zero-order valence-corrected chi connectivity index (χ0v) is 25.5. The molecule has 0 fully saturated rings. The fourth-order valence-electron chi connectivity index (χ4n) is 5.99. The van der Waals surface area contributed by atoms with Crippen molar-refractivity contribution in [1.82, 2.24) is 9.62 Å². The van der Waals surface area contributed by atoms with Crippen molar-refractivity contribution in [3.05, 3.63) is 89.0 Å². The molecule has 0 radical (unpaired) electrons. The Balaban J connectivity index is 1.44. The number of halogens is 3. The van der Waals surface area contributed by atoms with Crippen molar-refractivity contribution in [2.45, 2.75) is 68.7 Å². The molecule has 3 aromatic rings. The number of fused-ring (bicyclic) bond motifs is 1. The SMILES string of the molecule is CN(CC(O)CNC(C)(C)CC1Cc2ccccc2C1)S(=O)(=O)c1ccc(-c2ccccc2CCC=O)c(C(F)(F)F)c1. The summed E-state index contributed by atoms with van der Waals surface area (Å²) in [6.07, 6.45) is -1.93. The molecule has 0 spiro atoms. The highest BCUT2D eigenvalue weighted by atomic mass is 32.2. The number of benzene rings is 3. The van der Waals surface area contributed by atoms with E-state index in [9.17, 15) is 31.5 Å². The summed E-state index contributed by atoms with van der Waals surface area (Å²) in [7, 11) is -3.10. The lowest BCUT2D eigenvalue weighted by Gasteiger charge is -2.31. The standard InChI is InChI=1S/C33H39F3N2O4S/c1-32(2,20-23-17-25-10-4-5-11-26(25)18-23)37-21-27(40)22-38(3)43(41,42)28-14-15-30(31(19-28)33(34,35)36)29-13-7-6-9-24(29)12-8-16-39/h4-7,9-11,13-16,19,23,27,37,40H,8,12,17-18,20-22H2,1-3H3. The van der Waals surface area contributed by atoms with E-state index in [4.69, 9.17) is 0 Å². The molecule has 43 heavy (non-hydrogen) atoms. The number of alkyl halides is 3. The highest BCUT2D eigenvalue weighted by molar-refractivity contribution is 7.89. The van der Waals surface area contributed by atoms with E-state index in [1.54, 1.807) is 18.2 Å². The van der Waals surface area contributed by atoms with Gasteiger partial charge in [-0.25, -0.2) is 8.42 Å². The number of aliphatic hydroxyl groups is 1. The molecule has 0 aromatic heterocycles. The van der Waals surface area contributed by atoms with Crippen molar-refractivity contribution < 1.29 is 31.5 Å². The number of likely N-dealkylation sites (N-methyl/N-ethyl adjacent to an activating group) is 1. The number of hydrogen-bond donors (Lipinski definition) is 2. The van der Waals surface area contributed by atoms with Crippen LogP contribution in [0.25, 0.3) is 11.1 Å². The molecule has 0 amide bonds. The fraction of sp³-hybridized carbons (Fsp3) is 0.424. The molecule has 0 heterocycles. The van der Waals surface area contributed by atoms with Crippen LogP contribution < -0.4 is 5.32 Å². The smallest absolute Gasteiger partial charge is 0.390 e. The van der Waals surface area contributed by atoms with Crippen molar-refractivity contribution in [2.75, 3.05) is 20.1 Å². The molecule has 4 rings (SSSR count). The maximum absolute atomic E-state index is 14.2. The number of aliphatic hydroxyl groups excluding tert-OH is 1. The zero-order chi connectivity index (χ0) is 31.4. The number of hydrogen-bond acceptors (Lipinski definition) is 5. The quantitative estimate of drug-likeness (QED) is 0.242. The Morgan fingerprint density at radius 3 is 2.26 bits per heavy atom. The Morgan fingerprint density at radius 1 is 1.00 bits per heavy atom. The lowest BCUT2D eigenvalue weighted by Crippen LogP contribution is -2.47. The van der Waals surface area contributed by atoms with Crippen LogP contribution in [0.5, 0.6) is 0 Å². The van der Waals surface area contributed by atoms with Gasteiger partial charge in [-0.05, 0) is 85.4 Å². The Hall–Kier alpha value is -3.05. The van der Waals surface area contributed by atoms with Crippen molar-refractivity contribution in [3.63, 3.8) is 0 Å². The van der Waals surface area contributed by atoms with Crippen LogP contribution in [0, 0.1) is 5.92 Å². The lowest BCUT2D eigenvalue weighted by atomic mass is 9.88. The molecular formula is C33H39F3N2O4S. The van der Waals surface area contributed by atoms with E-state index >= 15 is 0 Å². The second kappa shape index (κ2) is 13.3. The van der Waals surface area contributed by atoms with Gasteiger partial charge in [0.2, 0.25) is 10.0 Å². The molecule has 0 bridgehead atoms. The molecule has 2 N–H and O–H groups in total. The van der Waals surface area contributed by atoms with Crippen molar-refractivity contribution in [3.8, 4) is 11.1 Å². The van der Waals surface area contributed by atoms with Crippen LogP contribution in [0.3, 0.4) is 0 Å². The maximum Gasteiger partial charge on any atom is 0.417 e. The van der Waals surface area contributed by atoms with Gasteiger partial charge in [0.15, 0.2) is 0 Å². The molecule has 1 atom stereocenters. The summed E-state index contributed by atoms with van der Waals surface area (Å²) in [5, 5.41) is 14.0. The van der Waals surface area contributed by atoms with Crippen molar-refractivity contribution in [1.29, 1.82) is 0 Å². The average molecular weight is 617 g/mol. The number of nitrogens with zero attached hydrogens (tertiary/aromatic N) is 1. The number of β-amino-alcohol motifs (C(OH)–C–C–N with tert-alkyl or cyclic N) is 1. The third kappa shape index (κ3) is 8.12. The highest BCUT2D eigenvalue weighted by Gasteiger charge is 2.36. The van der Waals surface area contributed by atoms with Gasteiger partial charge < -0.3 is 15.2 Å². The molecule has 0 saturated carbocycles. The third-order valence-corrected chi connectivity index (χ3v) is 9.88. The van der Waals surface area contributed by atoms with Gasteiger partial charge in [-0.2, -0.15) is 17.5 Å². The first-order chi connectivity index (χ1) is 20.2. The monoisotopic (exact) mass is 616 g/mol. The number of carbonyl (C=O) groups is 1. The van der Waals surface area contributed by atoms with Crippen LogP contribution >= 0.6 is 0 Å². The lowest BCUT2D eigenvalue weighted by molar-refractivity contribution is -0.137. The summed E-state index contributed by atoms with van der Waals surface area (Å²) in [5.41, 5.74) is 2.01. The first-order valence-corrected chi connectivity index (χ1v) is 15.8. The molecule has 10 heteroatoms. The Labute approximate surface area is 252 Å². The van der Waals surface area contributed by atoms with E-state index in [0.29, 0.717) is 29.4 Å². The number of nitrogens with one attached hydrogen (secondary N) is 1. The van der Waals surface area contributed by atoms with Gasteiger partial charge in [-0.15, -0.1) is 0 Å². The zero-order valence-electron chi connectivity index (χ0n) is 24.7. The van der Waals surface area contributed by atoms with E-state index in [2.05, 4.69) is 17.4 Å². The topological polar surface area (TPSA) is 86.7 Å². The molecule has 1 aliphatic rings. The van der Waals surface area contributed by atoms with Gasteiger partial charge in [0.25, 0.3) is 0 Å². The molecule has 0 aliphatic heterocycles. The molecule has 3 aromatic carbocycles. The molecule has 1 aliphatic carbocycles. The van der Waals surface area contributed by atoms with E-state index < -0.39 is 32.8 Å². The van der Waals surface area contributed by atoms with Crippen LogP contribution in [0.15, 0.2) is 71.6 Å². The van der Waals surface area contributed by atoms with E-state index in [1.807, 2.05) is 26.0 Å². The minimum Gasteiger partial charge on any atom is -0.390 e. The predicted octanol–water partition coefficient (Wildman–Crippen LogP) is 5.66. The molecule has 1 unspecified atom stereocenters. The van der Waals surface area contributed by atoms with Gasteiger partial charge in [-0.3, -0.25) is 0 Å². The number of aryl methyl sites for hydroxylation is 1. The first kappa shape index (κ1) is 32.9. The van der Waals surface area contributed by atoms with E-state index in [-0.39, 0.29) is 37.0 Å². The predicted molar refractivity (Wildman–Crippen MR) is 161 cm³/mol. The second-order valence-corrected chi connectivity index (χ2v) is 14.1. The molecular weight excluding hydrogens is 577 g/mol. The second-order valence-electron chi connectivity index (χ2n) is 12.0. The Kier molecular flexibility index (Phi) is 10.2. The number of sulfonamides is 1. The van der Waals surface area contributed by atoms with Gasteiger partial charge in [-0.1, -0.05) is 54.6 Å². The number of carbonyl (C=O) groups excluding carboxylic acids is 1. The Bertz CT molecular complexity index is 1510. The first-order valence-electron chi connectivity index (χ1n) is 14.4. The van der Waals surface area contributed by atoms with Gasteiger partial charge >= 0.3 is 6.18 Å². The molecule has 0 saturated heterocycles. The van der Waals surface area contributed by atoms with Crippen LogP contribution in [0.1, 0.15) is 48.9 Å². The van der Waals surface area contributed by atoms with Crippen molar-refractivity contribution >= 4 is 16.3 Å². The molecule has 232 valence electrons. The maximum atomic E-state index is 14.2. The minimum atomic E-state index is -4.83. The summed E-state index contributed by atoms with van der Waals surface area (Å²) in [6.45, 7) is 3.91. The van der Waals surface area contributed by atoms with Crippen molar-refractivity contribution in [2.24, 2.45) is 5.92 Å². The minimum absolute atomic E-state index is 0.122. The van der Waals surface area contributed by atoms with E-state index in [0.717, 1.165) is 35.7 Å². The summed E-state index contributed by atoms with van der Waals surface area (Å²) in [6, 6.07) is 17.8. The average Bonchev–Trinajstić information content (AvgIpc) is 3.36. The van der Waals surface area contributed by atoms with Gasteiger partial charge in [0.05, 0.1) is 16.6 Å². The highest BCUT2D eigenvalue weighted by Crippen LogP contribution is 2.40. The largest absolute Gasteiger partial charge is 0.417 e. The third-order valence-electron chi connectivity index (χ3n) is 8.06. The number of aldehydes is 1. The molecule has 6 nitrogen and oxygen atoms in total. The van der Waals surface area contributed by atoms with Gasteiger partial charge in [0, 0.05) is 32.1 Å². The summed E-state index contributed by atoms with van der Waals surface area (Å²) < 4.78 is 70.2. The van der Waals surface area contributed by atoms with Gasteiger partial charge in [0.1, 0.15) is 6.29 Å². The van der Waals surface area contributed by atoms with Crippen LogP contribution in [-0.2, 0) is 40.3 Å². The fourth-order valence-corrected chi connectivity index (χ4v) is 7.23. The normalized spacial score (nSPS) is 15.1. The Morgan fingerprint density at radius 2 is 1.63 bits per heavy atom. The van der Waals surface area contributed by atoms with Crippen LogP contribution in [-0.4, -0.2) is 55.9 Å². The summed E-state index contributed by atoms with van der Waals surface area (Å²) in [5.74, 6) is 0.461. The summed E-state index contributed by atoms with van der Waals surface area (Å²) in [4.78, 5) is 10.4. The summed E-state index contributed by atoms with van der Waals surface area (Å²) >= 11 is 0. The van der Waals surface area contributed by atoms with Crippen LogP contribution in [0.4, 0.5) is 13.2 Å². The van der Waals surface area contributed by atoms with E-state index in [1.165, 1.54) is 24.2 Å². The van der Waals surface area contributed by atoms with Crippen LogP contribution in [0.2, 0.25) is 0 Å². The number of rotatable bonds is 13.